The molecule has 1 atom stereocenters. The molecule has 1 unspecified atom stereocenters. The summed E-state index contributed by atoms with van der Waals surface area (Å²) in [7, 11) is 0. The maximum absolute atomic E-state index is 10.0. The van der Waals surface area contributed by atoms with Gasteiger partial charge >= 0.3 is 0 Å². The Hall–Kier alpha value is -1.06. The van der Waals surface area contributed by atoms with Crippen LogP contribution in [0.25, 0.3) is 0 Å². The fourth-order valence-corrected chi connectivity index (χ4v) is 1.75. The molecule has 1 aliphatic heterocycles. The summed E-state index contributed by atoms with van der Waals surface area (Å²) in [5.74, 6) is 0.243. The molecule has 0 radical (unpaired) electrons. The third kappa shape index (κ3) is 1.89. The molecule has 2 N–H and O–H groups in total. The van der Waals surface area contributed by atoms with E-state index in [0.717, 1.165) is 5.56 Å². The Bertz CT molecular complexity index is 316. The lowest BCUT2D eigenvalue weighted by Crippen LogP contribution is -2.31. The minimum absolute atomic E-state index is 0.243. The van der Waals surface area contributed by atoms with Gasteiger partial charge in [-0.05, 0) is 11.6 Å². The van der Waals surface area contributed by atoms with E-state index in [-0.39, 0.29) is 5.75 Å². The summed E-state index contributed by atoms with van der Waals surface area (Å²) in [6, 6.07) is 7.09. The van der Waals surface area contributed by atoms with Gasteiger partial charge < -0.3 is 14.9 Å². The van der Waals surface area contributed by atoms with E-state index in [1.807, 2.05) is 12.1 Å². The van der Waals surface area contributed by atoms with Gasteiger partial charge in [-0.3, -0.25) is 0 Å². The molecule has 76 valence electrons. The highest BCUT2D eigenvalue weighted by molar-refractivity contribution is 5.33. The van der Waals surface area contributed by atoms with Crippen LogP contribution in [0.5, 0.6) is 5.75 Å². The minimum atomic E-state index is -0.793. The van der Waals surface area contributed by atoms with Crippen LogP contribution in [0.3, 0.4) is 0 Å². The SMILES string of the molecule is Oc1ccccc1CC1(O)CCOC1. The van der Waals surface area contributed by atoms with E-state index in [9.17, 15) is 10.2 Å². The second-order valence-corrected chi connectivity index (χ2v) is 3.83. The van der Waals surface area contributed by atoms with Gasteiger partial charge in [-0.2, -0.15) is 0 Å². The number of benzene rings is 1. The molecule has 1 fully saturated rings. The Kier molecular flexibility index (Phi) is 2.44. The highest BCUT2D eigenvalue weighted by Gasteiger charge is 2.32. The Morgan fingerprint density at radius 3 is 2.79 bits per heavy atom. The van der Waals surface area contributed by atoms with Gasteiger partial charge in [0.1, 0.15) is 5.75 Å². The molecule has 0 aliphatic carbocycles. The lowest BCUT2D eigenvalue weighted by Gasteiger charge is -2.20. The van der Waals surface area contributed by atoms with Gasteiger partial charge in [-0.25, -0.2) is 0 Å². The van der Waals surface area contributed by atoms with Gasteiger partial charge in [0.25, 0.3) is 0 Å². The Balaban J connectivity index is 2.14. The smallest absolute Gasteiger partial charge is 0.118 e. The molecule has 1 aliphatic rings. The molecule has 3 nitrogen and oxygen atoms in total. The van der Waals surface area contributed by atoms with Crippen LogP contribution < -0.4 is 0 Å². The first-order valence-electron chi connectivity index (χ1n) is 4.77. The number of aromatic hydroxyl groups is 1. The Morgan fingerprint density at radius 2 is 2.14 bits per heavy atom. The van der Waals surface area contributed by atoms with E-state index in [0.29, 0.717) is 26.1 Å². The van der Waals surface area contributed by atoms with Gasteiger partial charge in [0.15, 0.2) is 0 Å². The summed E-state index contributed by atoms with van der Waals surface area (Å²) in [5.41, 5.74) is -0.0146. The molecule has 1 saturated heterocycles. The fourth-order valence-electron chi connectivity index (χ4n) is 1.75. The number of hydrogen-bond acceptors (Lipinski definition) is 3. The number of para-hydroxylation sites is 1. The van der Waals surface area contributed by atoms with Crippen LogP contribution in [0, 0.1) is 0 Å². The van der Waals surface area contributed by atoms with Crippen LogP contribution >= 0.6 is 0 Å². The van der Waals surface area contributed by atoms with Gasteiger partial charge in [0.05, 0.1) is 12.2 Å². The van der Waals surface area contributed by atoms with Crippen LogP contribution in [0.1, 0.15) is 12.0 Å². The lowest BCUT2D eigenvalue weighted by atomic mass is 9.93. The minimum Gasteiger partial charge on any atom is -0.508 e. The molecule has 1 heterocycles. The third-order valence-corrected chi connectivity index (χ3v) is 2.59. The summed E-state index contributed by atoms with van der Waals surface area (Å²) in [6.07, 6.45) is 1.10. The van der Waals surface area contributed by atoms with Crippen LogP contribution in [0.15, 0.2) is 24.3 Å². The van der Waals surface area contributed by atoms with Crippen LogP contribution in [-0.4, -0.2) is 29.0 Å². The van der Waals surface area contributed by atoms with Crippen molar-refractivity contribution in [2.24, 2.45) is 0 Å². The first-order valence-corrected chi connectivity index (χ1v) is 4.77. The van der Waals surface area contributed by atoms with Crippen LogP contribution in [0.2, 0.25) is 0 Å². The van der Waals surface area contributed by atoms with Gasteiger partial charge in [-0.15, -0.1) is 0 Å². The Morgan fingerprint density at radius 1 is 1.36 bits per heavy atom. The van der Waals surface area contributed by atoms with Crippen molar-refractivity contribution in [1.29, 1.82) is 0 Å². The molecule has 1 aromatic carbocycles. The van der Waals surface area contributed by atoms with Gasteiger partial charge in [0.2, 0.25) is 0 Å². The molecule has 14 heavy (non-hydrogen) atoms. The first-order chi connectivity index (χ1) is 6.70. The molecule has 1 aromatic rings. The van der Waals surface area contributed by atoms with Gasteiger partial charge in [-0.1, -0.05) is 18.2 Å². The van der Waals surface area contributed by atoms with Crippen molar-refractivity contribution in [2.75, 3.05) is 13.2 Å². The molecule has 0 spiro atoms. The summed E-state index contributed by atoms with van der Waals surface area (Å²) in [6.45, 7) is 0.964. The lowest BCUT2D eigenvalue weighted by molar-refractivity contribution is 0.0266. The van der Waals surface area contributed by atoms with Crippen LogP contribution in [-0.2, 0) is 11.2 Å². The number of phenolic OH excluding ortho intramolecular Hbond substituents is 1. The normalized spacial score (nSPS) is 26.6. The van der Waals surface area contributed by atoms with E-state index in [4.69, 9.17) is 4.74 Å². The number of ether oxygens (including phenoxy) is 1. The van der Waals surface area contributed by atoms with Crippen molar-refractivity contribution < 1.29 is 14.9 Å². The maximum atomic E-state index is 10.0. The summed E-state index contributed by atoms with van der Waals surface area (Å²) >= 11 is 0. The maximum Gasteiger partial charge on any atom is 0.118 e. The molecular weight excluding hydrogens is 180 g/mol. The number of phenols is 1. The monoisotopic (exact) mass is 194 g/mol. The second-order valence-electron chi connectivity index (χ2n) is 3.83. The quantitative estimate of drug-likeness (QED) is 0.740. The van der Waals surface area contributed by atoms with E-state index < -0.39 is 5.60 Å². The molecule has 0 aromatic heterocycles. The second kappa shape index (κ2) is 3.59. The number of hydrogen-bond donors (Lipinski definition) is 2. The third-order valence-electron chi connectivity index (χ3n) is 2.59. The van der Waals surface area contributed by atoms with Crippen molar-refractivity contribution in [3.05, 3.63) is 29.8 Å². The number of rotatable bonds is 2. The van der Waals surface area contributed by atoms with E-state index in [2.05, 4.69) is 0 Å². The van der Waals surface area contributed by atoms with Crippen molar-refractivity contribution >= 4 is 0 Å². The fraction of sp³-hybridized carbons (Fsp3) is 0.455. The molecule has 0 bridgehead atoms. The highest BCUT2D eigenvalue weighted by Crippen LogP contribution is 2.27. The van der Waals surface area contributed by atoms with E-state index in [1.54, 1.807) is 12.1 Å². The predicted octanol–water partition coefficient (Wildman–Crippen LogP) is 1.09. The summed E-state index contributed by atoms with van der Waals surface area (Å²) < 4.78 is 5.14. The van der Waals surface area contributed by atoms with E-state index >= 15 is 0 Å². The van der Waals surface area contributed by atoms with Crippen molar-refractivity contribution in [3.63, 3.8) is 0 Å². The van der Waals surface area contributed by atoms with Crippen molar-refractivity contribution in [2.45, 2.75) is 18.4 Å². The average Bonchev–Trinajstić information content (AvgIpc) is 2.57. The largest absolute Gasteiger partial charge is 0.508 e. The molecule has 0 saturated carbocycles. The molecular formula is C11H14O3. The molecule has 2 rings (SSSR count). The highest BCUT2D eigenvalue weighted by atomic mass is 16.5. The standard InChI is InChI=1S/C11H14O3/c12-10-4-2-1-3-9(10)7-11(13)5-6-14-8-11/h1-4,12-13H,5-8H2. The average molecular weight is 194 g/mol. The van der Waals surface area contributed by atoms with Crippen LogP contribution in [0.4, 0.5) is 0 Å². The van der Waals surface area contributed by atoms with Crippen molar-refractivity contribution in [1.82, 2.24) is 0 Å². The zero-order valence-electron chi connectivity index (χ0n) is 7.94. The van der Waals surface area contributed by atoms with Gasteiger partial charge in [0, 0.05) is 19.4 Å². The number of aliphatic hydroxyl groups is 1. The first kappa shape index (κ1) is 9.49. The zero-order valence-corrected chi connectivity index (χ0v) is 7.94. The zero-order chi connectivity index (χ0) is 10.0. The topological polar surface area (TPSA) is 49.7 Å². The Labute approximate surface area is 83.0 Å². The van der Waals surface area contributed by atoms with Crippen molar-refractivity contribution in [3.8, 4) is 5.75 Å². The molecule has 3 heteroatoms. The summed E-state index contributed by atoms with van der Waals surface area (Å²) in [4.78, 5) is 0. The van der Waals surface area contributed by atoms with E-state index in [1.165, 1.54) is 0 Å². The summed E-state index contributed by atoms with van der Waals surface area (Å²) in [5, 5.41) is 19.6. The molecule has 0 amide bonds. The predicted molar refractivity (Wildman–Crippen MR) is 52.2 cm³/mol.